The highest BCUT2D eigenvalue weighted by Crippen LogP contribution is 2.18. The van der Waals surface area contributed by atoms with Crippen molar-refractivity contribution in [3.05, 3.63) is 34.0 Å². The van der Waals surface area contributed by atoms with Crippen molar-refractivity contribution in [2.75, 3.05) is 0 Å². The smallest absolute Gasteiger partial charge is 0.192 e. The number of aryl methyl sites for hydroxylation is 1. The predicted octanol–water partition coefficient (Wildman–Crippen LogP) is 2.34. The molecule has 0 spiro atoms. The third-order valence-electron chi connectivity index (χ3n) is 4.61. The molecule has 0 atom stereocenters. The number of halogens is 1. The molecule has 0 unspecified atom stereocenters. The maximum Gasteiger partial charge on any atom is 0.192 e. The Kier molecular flexibility index (Phi) is 8.29. The maximum atomic E-state index is 9.68. The van der Waals surface area contributed by atoms with E-state index in [-0.39, 0.29) is 30.1 Å². The fourth-order valence-corrected chi connectivity index (χ4v) is 3.53. The van der Waals surface area contributed by atoms with Crippen LogP contribution in [-0.4, -0.2) is 38.0 Å². The van der Waals surface area contributed by atoms with Crippen LogP contribution < -0.4 is 10.6 Å². The van der Waals surface area contributed by atoms with Crippen LogP contribution in [0.5, 0.6) is 0 Å². The zero-order valence-electron chi connectivity index (χ0n) is 15.2. The number of aliphatic imine (C=N–C) groups is 1. The van der Waals surface area contributed by atoms with E-state index in [2.05, 4.69) is 38.3 Å². The van der Waals surface area contributed by atoms with Gasteiger partial charge in [0.15, 0.2) is 11.8 Å². The van der Waals surface area contributed by atoms with E-state index in [1.165, 1.54) is 4.88 Å². The third-order valence-corrected chi connectivity index (χ3v) is 5.49. The number of nitrogens with one attached hydrogen (secondary N) is 2. The van der Waals surface area contributed by atoms with Crippen LogP contribution in [0.2, 0.25) is 0 Å². The summed E-state index contributed by atoms with van der Waals surface area (Å²) in [5.41, 5.74) is 0. The molecule has 3 N–H and O–H groups in total. The Morgan fingerprint density at radius 3 is 2.73 bits per heavy atom. The zero-order valence-corrected chi connectivity index (χ0v) is 18.3. The van der Waals surface area contributed by atoms with Crippen molar-refractivity contribution < 1.29 is 5.11 Å². The molecule has 0 amide bonds. The van der Waals surface area contributed by atoms with E-state index < -0.39 is 0 Å². The van der Waals surface area contributed by atoms with Crippen molar-refractivity contribution in [3.63, 3.8) is 0 Å². The minimum atomic E-state index is -0.154. The molecule has 0 saturated heterocycles. The van der Waals surface area contributed by atoms with Crippen molar-refractivity contribution in [3.8, 4) is 0 Å². The number of aromatic nitrogens is 3. The molecule has 0 aliphatic heterocycles. The van der Waals surface area contributed by atoms with Gasteiger partial charge in [-0.25, -0.2) is 4.99 Å². The topological polar surface area (TPSA) is 87.4 Å². The van der Waals surface area contributed by atoms with Gasteiger partial charge in [-0.15, -0.1) is 45.5 Å². The van der Waals surface area contributed by atoms with E-state index in [1.807, 2.05) is 18.5 Å². The van der Waals surface area contributed by atoms with Gasteiger partial charge in [0, 0.05) is 18.0 Å². The summed E-state index contributed by atoms with van der Waals surface area (Å²) in [5.74, 6) is 2.51. The van der Waals surface area contributed by atoms with Gasteiger partial charge in [0.1, 0.15) is 12.4 Å². The van der Waals surface area contributed by atoms with Crippen LogP contribution in [-0.2, 0) is 20.1 Å². The molecule has 3 rings (SSSR count). The summed E-state index contributed by atoms with van der Waals surface area (Å²) >= 11 is 1.73. The summed E-state index contributed by atoms with van der Waals surface area (Å²) in [6, 6.07) is 4.51. The summed E-state index contributed by atoms with van der Waals surface area (Å²) in [4.78, 5) is 5.96. The number of nitrogens with zero attached hydrogens (tertiary/aromatic N) is 4. The summed E-state index contributed by atoms with van der Waals surface area (Å²) in [6.07, 6.45) is 3.46. The van der Waals surface area contributed by atoms with E-state index in [9.17, 15) is 5.11 Å². The molecule has 0 radical (unpaired) electrons. The van der Waals surface area contributed by atoms with Gasteiger partial charge in [0.2, 0.25) is 0 Å². The minimum absolute atomic E-state index is 0. The standard InChI is InChI=1S/C17H26N6OS.HI/c1-12-21-22-16(23(12)2)11-19-17(18-10-15-4-3-9-25-15)20-13-5-7-14(24)8-6-13;/h3-4,9,13-14,24H,5-8,10-11H2,1-2H3,(H2,18,19,20);1H. The SMILES string of the molecule is Cc1nnc(CN=C(NCc2cccs2)NC2CCC(O)CC2)n1C.I. The molecule has 0 aromatic carbocycles. The Bertz CT molecular complexity index is 694. The molecule has 2 aromatic heterocycles. The van der Waals surface area contributed by atoms with Gasteiger partial charge in [-0.3, -0.25) is 0 Å². The molecule has 1 aliphatic rings. The Morgan fingerprint density at radius 2 is 2.12 bits per heavy atom. The summed E-state index contributed by atoms with van der Waals surface area (Å²) in [5, 5.41) is 26.9. The predicted molar refractivity (Wildman–Crippen MR) is 115 cm³/mol. The van der Waals surface area contributed by atoms with Crippen molar-refractivity contribution in [2.45, 2.75) is 57.8 Å². The molecule has 26 heavy (non-hydrogen) atoms. The molecule has 2 aromatic rings. The highest BCUT2D eigenvalue weighted by Gasteiger charge is 2.20. The average Bonchev–Trinajstić information content (AvgIpc) is 3.24. The molecular weight excluding hydrogens is 463 g/mol. The Labute approximate surface area is 175 Å². The largest absolute Gasteiger partial charge is 0.393 e. The second-order valence-corrected chi connectivity index (χ2v) is 7.50. The molecular formula is C17H27IN6OS. The lowest BCUT2D eigenvalue weighted by atomic mass is 9.93. The van der Waals surface area contributed by atoms with Gasteiger partial charge in [-0.2, -0.15) is 0 Å². The lowest BCUT2D eigenvalue weighted by Crippen LogP contribution is -2.45. The van der Waals surface area contributed by atoms with Gasteiger partial charge < -0.3 is 20.3 Å². The fourth-order valence-electron chi connectivity index (χ4n) is 2.89. The van der Waals surface area contributed by atoms with E-state index in [0.29, 0.717) is 12.6 Å². The van der Waals surface area contributed by atoms with Crippen LogP contribution in [0.1, 0.15) is 42.2 Å². The number of guanidine groups is 1. The first-order valence-electron chi connectivity index (χ1n) is 8.72. The molecule has 9 heteroatoms. The minimum Gasteiger partial charge on any atom is -0.393 e. The average molecular weight is 490 g/mol. The van der Waals surface area contributed by atoms with Gasteiger partial charge in [-0.05, 0) is 44.1 Å². The van der Waals surface area contributed by atoms with Gasteiger partial charge in [0.25, 0.3) is 0 Å². The Morgan fingerprint density at radius 1 is 1.35 bits per heavy atom. The maximum absolute atomic E-state index is 9.68. The van der Waals surface area contributed by atoms with E-state index in [1.54, 1.807) is 11.3 Å². The van der Waals surface area contributed by atoms with E-state index in [4.69, 9.17) is 4.99 Å². The second kappa shape index (κ2) is 10.2. The fraction of sp³-hybridized carbons (Fsp3) is 0.588. The first-order chi connectivity index (χ1) is 12.1. The first-order valence-corrected chi connectivity index (χ1v) is 9.60. The van der Waals surface area contributed by atoms with Crippen molar-refractivity contribution >= 4 is 41.3 Å². The van der Waals surface area contributed by atoms with Crippen molar-refractivity contribution in [1.82, 2.24) is 25.4 Å². The van der Waals surface area contributed by atoms with Crippen LogP contribution in [0, 0.1) is 6.92 Å². The van der Waals surface area contributed by atoms with Crippen LogP contribution in [0.15, 0.2) is 22.5 Å². The Hall–Kier alpha value is -1.20. The van der Waals surface area contributed by atoms with Crippen LogP contribution in [0.4, 0.5) is 0 Å². The molecule has 1 aliphatic carbocycles. The normalized spacial score (nSPS) is 20.5. The van der Waals surface area contributed by atoms with Gasteiger partial charge in [0.05, 0.1) is 12.6 Å². The van der Waals surface area contributed by atoms with E-state index >= 15 is 0 Å². The molecule has 1 saturated carbocycles. The monoisotopic (exact) mass is 490 g/mol. The number of hydrogen-bond donors (Lipinski definition) is 3. The lowest BCUT2D eigenvalue weighted by molar-refractivity contribution is 0.120. The van der Waals surface area contributed by atoms with Crippen LogP contribution >= 0.6 is 35.3 Å². The second-order valence-electron chi connectivity index (χ2n) is 6.47. The lowest BCUT2D eigenvalue weighted by Gasteiger charge is -2.27. The Balaban J connectivity index is 0.00000243. The number of hydrogen-bond acceptors (Lipinski definition) is 5. The summed E-state index contributed by atoms with van der Waals surface area (Å²) in [7, 11) is 1.95. The third kappa shape index (κ3) is 5.92. The number of rotatable bonds is 5. The van der Waals surface area contributed by atoms with Crippen molar-refractivity contribution in [2.24, 2.45) is 12.0 Å². The molecule has 2 heterocycles. The highest BCUT2D eigenvalue weighted by molar-refractivity contribution is 14.0. The highest BCUT2D eigenvalue weighted by atomic mass is 127. The zero-order chi connectivity index (χ0) is 17.6. The quantitative estimate of drug-likeness (QED) is 0.340. The van der Waals surface area contributed by atoms with Gasteiger partial charge in [-0.1, -0.05) is 6.07 Å². The summed E-state index contributed by atoms with van der Waals surface area (Å²) < 4.78 is 1.96. The molecule has 1 fully saturated rings. The molecule has 7 nitrogen and oxygen atoms in total. The number of aliphatic hydroxyl groups is 1. The van der Waals surface area contributed by atoms with Crippen molar-refractivity contribution in [1.29, 1.82) is 0 Å². The molecule has 144 valence electrons. The number of thiophene rings is 1. The summed E-state index contributed by atoms with van der Waals surface area (Å²) in [6.45, 7) is 3.16. The number of aliphatic hydroxyl groups excluding tert-OH is 1. The first kappa shape index (κ1) is 21.1. The van der Waals surface area contributed by atoms with Gasteiger partial charge >= 0.3 is 0 Å². The molecule has 0 bridgehead atoms. The van der Waals surface area contributed by atoms with E-state index in [0.717, 1.165) is 49.8 Å². The van der Waals surface area contributed by atoms with Crippen LogP contribution in [0.3, 0.4) is 0 Å². The van der Waals surface area contributed by atoms with Crippen LogP contribution in [0.25, 0.3) is 0 Å².